The zero-order valence-corrected chi connectivity index (χ0v) is 11.7. The van der Waals surface area contributed by atoms with Gasteiger partial charge in [-0.1, -0.05) is 6.07 Å². The smallest absolute Gasteiger partial charge is 0.335 e. The van der Waals surface area contributed by atoms with Gasteiger partial charge in [-0.15, -0.1) is 0 Å². The molecule has 2 aromatic rings. The molecule has 1 heterocycles. The van der Waals surface area contributed by atoms with Gasteiger partial charge in [0.15, 0.2) is 11.5 Å². The van der Waals surface area contributed by atoms with Crippen molar-refractivity contribution in [1.82, 2.24) is 4.98 Å². The van der Waals surface area contributed by atoms with Crippen LogP contribution < -0.4 is 14.2 Å². The minimum absolute atomic E-state index is 0.0671. The van der Waals surface area contributed by atoms with Crippen LogP contribution in [0.25, 0.3) is 0 Å². The van der Waals surface area contributed by atoms with Crippen LogP contribution in [0.15, 0.2) is 36.7 Å². The van der Waals surface area contributed by atoms with Crippen molar-refractivity contribution < 1.29 is 24.1 Å². The summed E-state index contributed by atoms with van der Waals surface area (Å²) in [5.74, 6) is -0.106. The van der Waals surface area contributed by atoms with E-state index in [0.29, 0.717) is 17.2 Å². The lowest BCUT2D eigenvalue weighted by Crippen LogP contribution is -2.03. The molecule has 0 fully saturated rings. The summed E-state index contributed by atoms with van der Waals surface area (Å²) < 4.78 is 16.1. The van der Waals surface area contributed by atoms with Crippen LogP contribution in [0, 0.1) is 0 Å². The first-order valence-corrected chi connectivity index (χ1v) is 6.16. The standard InChI is InChI=1S/C15H15NO5/c1-19-12-6-11(15(17)18)7-13(20-2)14(12)21-9-10-4-3-5-16-8-10/h3-8H,9H2,1-2H3,(H,17,18). The molecule has 0 unspecified atom stereocenters. The van der Waals surface area contributed by atoms with Crippen LogP contribution in [0.5, 0.6) is 17.2 Å². The predicted molar refractivity (Wildman–Crippen MR) is 75.1 cm³/mol. The molecule has 0 aliphatic heterocycles. The summed E-state index contributed by atoms with van der Waals surface area (Å²) in [7, 11) is 2.88. The minimum atomic E-state index is -1.06. The second-order valence-electron chi connectivity index (χ2n) is 4.16. The first-order chi connectivity index (χ1) is 10.2. The quantitative estimate of drug-likeness (QED) is 0.879. The molecule has 110 valence electrons. The summed E-state index contributed by atoms with van der Waals surface area (Å²) in [6.07, 6.45) is 3.36. The maximum absolute atomic E-state index is 11.1. The topological polar surface area (TPSA) is 77.9 Å². The highest BCUT2D eigenvalue weighted by atomic mass is 16.5. The van der Waals surface area contributed by atoms with Crippen LogP contribution in [0.3, 0.4) is 0 Å². The molecular formula is C15H15NO5. The van der Waals surface area contributed by atoms with E-state index in [2.05, 4.69) is 4.98 Å². The molecule has 0 aliphatic carbocycles. The monoisotopic (exact) mass is 289 g/mol. The van der Waals surface area contributed by atoms with E-state index in [9.17, 15) is 4.79 Å². The Balaban J connectivity index is 2.31. The molecule has 2 rings (SSSR count). The summed E-state index contributed by atoms with van der Waals surface area (Å²) in [4.78, 5) is 15.1. The van der Waals surface area contributed by atoms with Gasteiger partial charge in [-0.25, -0.2) is 4.79 Å². The zero-order chi connectivity index (χ0) is 15.2. The Labute approximate surface area is 121 Å². The second-order valence-corrected chi connectivity index (χ2v) is 4.16. The van der Waals surface area contributed by atoms with Crippen LogP contribution >= 0.6 is 0 Å². The van der Waals surface area contributed by atoms with Gasteiger partial charge in [0.1, 0.15) is 6.61 Å². The molecule has 1 N–H and O–H groups in total. The van der Waals surface area contributed by atoms with E-state index in [-0.39, 0.29) is 12.2 Å². The average Bonchev–Trinajstić information content (AvgIpc) is 2.52. The lowest BCUT2D eigenvalue weighted by atomic mass is 10.2. The van der Waals surface area contributed by atoms with Gasteiger partial charge in [0, 0.05) is 18.0 Å². The first kappa shape index (κ1) is 14.6. The number of hydrogen-bond donors (Lipinski definition) is 1. The van der Waals surface area contributed by atoms with Crippen molar-refractivity contribution in [3.05, 3.63) is 47.8 Å². The summed E-state index contributed by atoms with van der Waals surface area (Å²) in [5, 5.41) is 9.06. The number of carbonyl (C=O) groups is 1. The van der Waals surface area contributed by atoms with E-state index in [1.165, 1.54) is 26.4 Å². The van der Waals surface area contributed by atoms with E-state index in [0.717, 1.165) is 5.56 Å². The van der Waals surface area contributed by atoms with Gasteiger partial charge in [-0.2, -0.15) is 0 Å². The molecule has 6 heteroatoms. The van der Waals surface area contributed by atoms with Crippen molar-refractivity contribution in [3.63, 3.8) is 0 Å². The molecule has 0 saturated heterocycles. The third-order valence-corrected chi connectivity index (χ3v) is 2.81. The Morgan fingerprint density at radius 3 is 2.38 bits per heavy atom. The maximum atomic E-state index is 11.1. The fourth-order valence-electron chi connectivity index (χ4n) is 1.78. The van der Waals surface area contributed by atoms with Crippen molar-refractivity contribution in [1.29, 1.82) is 0 Å². The number of benzene rings is 1. The van der Waals surface area contributed by atoms with Crippen LogP contribution in [-0.4, -0.2) is 30.3 Å². The third kappa shape index (κ3) is 3.42. The van der Waals surface area contributed by atoms with Gasteiger partial charge in [0.25, 0.3) is 0 Å². The number of methoxy groups -OCH3 is 2. The van der Waals surface area contributed by atoms with Crippen molar-refractivity contribution in [2.24, 2.45) is 0 Å². The van der Waals surface area contributed by atoms with Crippen LogP contribution in [0.4, 0.5) is 0 Å². The first-order valence-electron chi connectivity index (χ1n) is 6.16. The molecule has 6 nitrogen and oxygen atoms in total. The predicted octanol–water partition coefficient (Wildman–Crippen LogP) is 2.38. The number of aromatic nitrogens is 1. The van der Waals surface area contributed by atoms with E-state index in [1.54, 1.807) is 18.5 Å². The van der Waals surface area contributed by atoms with E-state index < -0.39 is 5.97 Å². The zero-order valence-electron chi connectivity index (χ0n) is 11.7. The number of aromatic carboxylic acids is 1. The number of rotatable bonds is 6. The van der Waals surface area contributed by atoms with Gasteiger partial charge < -0.3 is 19.3 Å². The van der Waals surface area contributed by atoms with Crippen molar-refractivity contribution in [2.75, 3.05) is 14.2 Å². The van der Waals surface area contributed by atoms with E-state index >= 15 is 0 Å². The SMILES string of the molecule is COc1cc(C(=O)O)cc(OC)c1OCc1cccnc1. The molecule has 21 heavy (non-hydrogen) atoms. The Morgan fingerprint density at radius 2 is 1.90 bits per heavy atom. The molecule has 0 radical (unpaired) electrons. The van der Waals surface area contributed by atoms with E-state index in [1.807, 2.05) is 6.07 Å². The maximum Gasteiger partial charge on any atom is 0.335 e. The summed E-state index contributed by atoms with van der Waals surface area (Å²) in [5.41, 5.74) is 0.946. The van der Waals surface area contributed by atoms with Gasteiger partial charge in [-0.05, 0) is 18.2 Å². The van der Waals surface area contributed by atoms with Crippen molar-refractivity contribution in [3.8, 4) is 17.2 Å². The highest BCUT2D eigenvalue weighted by Gasteiger charge is 2.17. The van der Waals surface area contributed by atoms with Gasteiger partial charge in [0.05, 0.1) is 19.8 Å². The fraction of sp³-hybridized carbons (Fsp3) is 0.200. The second kappa shape index (κ2) is 6.60. The van der Waals surface area contributed by atoms with Gasteiger partial charge >= 0.3 is 5.97 Å². The molecule has 1 aromatic heterocycles. The summed E-state index contributed by atoms with van der Waals surface area (Å²) in [6.45, 7) is 0.271. The Morgan fingerprint density at radius 1 is 1.24 bits per heavy atom. The number of carboxylic acids is 1. The van der Waals surface area contributed by atoms with E-state index in [4.69, 9.17) is 19.3 Å². The van der Waals surface area contributed by atoms with Gasteiger partial charge in [-0.3, -0.25) is 4.98 Å². The van der Waals surface area contributed by atoms with Crippen molar-refractivity contribution >= 4 is 5.97 Å². The minimum Gasteiger partial charge on any atom is -0.493 e. The molecule has 0 spiro atoms. The Kier molecular flexibility index (Phi) is 4.61. The highest BCUT2D eigenvalue weighted by Crippen LogP contribution is 2.39. The molecule has 1 aromatic carbocycles. The number of ether oxygens (including phenoxy) is 3. The number of nitrogens with zero attached hydrogens (tertiary/aromatic N) is 1. The lowest BCUT2D eigenvalue weighted by molar-refractivity contribution is 0.0696. The van der Waals surface area contributed by atoms with Crippen LogP contribution in [-0.2, 0) is 6.61 Å². The molecule has 0 amide bonds. The summed E-state index contributed by atoms with van der Waals surface area (Å²) in [6, 6.07) is 6.46. The van der Waals surface area contributed by atoms with Gasteiger partial charge in [0.2, 0.25) is 5.75 Å². The molecular weight excluding hydrogens is 274 g/mol. The number of pyridine rings is 1. The molecule has 0 atom stereocenters. The fourth-order valence-corrected chi connectivity index (χ4v) is 1.78. The van der Waals surface area contributed by atoms with Crippen molar-refractivity contribution in [2.45, 2.75) is 6.61 Å². The highest BCUT2D eigenvalue weighted by molar-refractivity contribution is 5.89. The normalized spacial score (nSPS) is 10.0. The third-order valence-electron chi connectivity index (χ3n) is 2.81. The number of hydrogen-bond acceptors (Lipinski definition) is 5. The largest absolute Gasteiger partial charge is 0.493 e. The Hall–Kier alpha value is -2.76. The number of carboxylic acid groups (broad SMARTS) is 1. The average molecular weight is 289 g/mol. The Bertz CT molecular complexity index is 602. The molecule has 0 bridgehead atoms. The molecule has 0 saturated carbocycles. The summed E-state index contributed by atoms with van der Waals surface area (Å²) >= 11 is 0. The molecule has 0 aliphatic rings. The lowest BCUT2D eigenvalue weighted by Gasteiger charge is -2.15. The van der Waals surface area contributed by atoms with Crippen LogP contribution in [0.2, 0.25) is 0 Å². The van der Waals surface area contributed by atoms with Crippen LogP contribution in [0.1, 0.15) is 15.9 Å².